The Kier molecular flexibility index (Phi) is 5.54. The zero-order valence-electron chi connectivity index (χ0n) is 10.1. The Labute approximate surface area is 97.3 Å². The molecule has 1 amide bonds. The number of rotatable bonds is 6. The van der Waals surface area contributed by atoms with Crippen molar-refractivity contribution in [2.75, 3.05) is 0 Å². The second-order valence-corrected chi connectivity index (χ2v) is 4.42. The van der Waals surface area contributed by atoms with E-state index in [0.717, 1.165) is 18.4 Å². The number of carbonyl (C=O) groups is 1. The molecule has 1 N–H and O–H groups in total. The summed E-state index contributed by atoms with van der Waals surface area (Å²) < 4.78 is 0. The first kappa shape index (κ1) is 12.7. The normalized spacial score (nSPS) is 10.4. The number of nitrogens with zero attached hydrogens (tertiary/aromatic N) is 1. The van der Waals surface area contributed by atoms with Crippen LogP contribution in [0.3, 0.4) is 0 Å². The first-order chi connectivity index (χ1) is 7.68. The highest BCUT2D eigenvalue weighted by atomic mass is 16.1. The molecule has 1 rings (SSSR count). The second-order valence-electron chi connectivity index (χ2n) is 4.42. The highest BCUT2D eigenvalue weighted by Gasteiger charge is 2.02. The van der Waals surface area contributed by atoms with Gasteiger partial charge in [-0.3, -0.25) is 9.78 Å². The average molecular weight is 220 g/mol. The molecule has 3 heteroatoms. The Hall–Kier alpha value is -1.38. The number of aromatic nitrogens is 1. The molecule has 1 heterocycles. The van der Waals surface area contributed by atoms with Crippen LogP contribution >= 0.6 is 0 Å². The Morgan fingerprint density at radius 2 is 2.31 bits per heavy atom. The zero-order chi connectivity index (χ0) is 11.8. The third-order valence-corrected chi connectivity index (χ3v) is 2.40. The molecule has 16 heavy (non-hydrogen) atoms. The fourth-order valence-corrected chi connectivity index (χ4v) is 1.46. The van der Waals surface area contributed by atoms with Gasteiger partial charge in [-0.1, -0.05) is 26.3 Å². The molecule has 1 aromatic rings. The van der Waals surface area contributed by atoms with Crippen LogP contribution in [0.1, 0.15) is 38.7 Å². The van der Waals surface area contributed by atoms with E-state index in [4.69, 9.17) is 0 Å². The largest absolute Gasteiger partial charge is 0.352 e. The van der Waals surface area contributed by atoms with Crippen molar-refractivity contribution in [2.24, 2.45) is 5.92 Å². The topological polar surface area (TPSA) is 42.0 Å². The zero-order valence-corrected chi connectivity index (χ0v) is 10.1. The van der Waals surface area contributed by atoms with Crippen molar-refractivity contribution in [2.45, 2.75) is 39.7 Å². The van der Waals surface area contributed by atoms with E-state index in [1.54, 1.807) is 12.4 Å². The van der Waals surface area contributed by atoms with Crippen molar-refractivity contribution < 1.29 is 4.79 Å². The first-order valence-corrected chi connectivity index (χ1v) is 5.84. The predicted octanol–water partition coefficient (Wildman–Crippen LogP) is 2.52. The molecule has 0 aliphatic rings. The lowest BCUT2D eigenvalue weighted by Crippen LogP contribution is -2.22. The van der Waals surface area contributed by atoms with Gasteiger partial charge in [0.1, 0.15) is 0 Å². The standard InChI is InChI=1S/C13H20N2O/c1-11(2)5-3-7-13(16)15-10-12-6-4-8-14-9-12/h4,6,8-9,11H,3,5,7,10H2,1-2H3,(H,15,16). The summed E-state index contributed by atoms with van der Waals surface area (Å²) in [4.78, 5) is 15.5. The van der Waals surface area contributed by atoms with Crippen LogP contribution in [0.4, 0.5) is 0 Å². The monoisotopic (exact) mass is 220 g/mol. The summed E-state index contributed by atoms with van der Waals surface area (Å²) in [5.41, 5.74) is 1.04. The number of carbonyl (C=O) groups excluding carboxylic acids is 1. The highest BCUT2D eigenvalue weighted by Crippen LogP contribution is 2.06. The van der Waals surface area contributed by atoms with Gasteiger partial charge in [0.25, 0.3) is 0 Å². The molecule has 0 spiro atoms. The van der Waals surface area contributed by atoms with Crippen LogP contribution in [0.15, 0.2) is 24.5 Å². The van der Waals surface area contributed by atoms with Crippen molar-refractivity contribution in [3.63, 3.8) is 0 Å². The maximum atomic E-state index is 11.5. The van der Waals surface area contributed by atoms with Gasteiger partial charge < -0.3 is 5.32 Å². The molecule has 0 aromatic carbocycles. The molecule has 1 aromatic heterocycles. The van der Waals surface area contributed by atoms with Crippen LogP contribution in [-0.2, 0) is 11.3 Å². The molecule has 0 unspecified atom stereocenters. The Balaban J connectivity index is 2.16. The molecular formula is C13H20N2O. The summed E-state index contributed by atoms with van der Waals surface area (Å²) >= 11 is 0. The van der Waals surface area contributed by atoms with Crippen LogP contribution in [0.25, 0.3) is 0 Å². The maximum Gasteiger partial charge on any atom is 0.220 e. The van der Waals surface area contributed by atoms with Gasteiger partial charge in [0.15, 0.2) is 0 Å². The van der Waals surface area contributed by atoms with Gasteiger partial charge in [0.05, 0.1) is 0 Å². The van der Waals surface area contributed by atoms with Gasteiger partial charge in [-0.25, -0.2) is 0 Å². The lowest BCUT2D eigenvalue weighted by Gasteiger charge is -2.06. The van der Waals surface area contributed by atoms with Gasteiger partial charge >= 0.3 is 0 Å². The Bertz CT molecular complexity index is 309. The number of hydrogen-bond acceptors (Lipinski definition) is 2. The predicted molar refractivity (Wildman–Crippen MR) is 64.8 cm³/mol. The van der Waals surface area contributed by atoms with Crippen molar-refractivity contribution in [3.05, 3.63) is 30.1 Å². The highest BCUT2D eigenvalue weighted by molar-refractivity contribution is 5.75. The summed E-state index contributed by atoms with van der Waals surface area (Å²) in [5, 5.41) is 2.89. The van der Waals surface area contributed by atoms with Crippen molar-refractivity contribution in [3.8, 4) is 0 Å². The minimum absolute atomic E-state index is 0.129. The van der Waals surface area contributed by atoms with E-state index in [0.29, 0.717) is 18.9 Å². The van der Waals surface area contributed by atoms with E-state index in [1.807, 2.05) is 12.1 Å². The third kappa shape index (κ3) is 5.49. The summed E-state index contributed by atoms with van der Waals surface area (Å²) in [6, 6.07) is 3.83. The van der Waals surface area contributed by atoms with Crippen molar-refractivity contribution in [1.82, 2.24) is 10.3 Å². The number of pyridine rings is 1. The van der Waals surface area contributed by atoms with Gasteiger partial charge in [0, 0.05) is 25.4 Å². The Morgan fingerprint density at radius 1 is 1.50 bits per heavy atom. The summed E-state index contributed by atoms with van der Waals surface area (Å²) in [5.74, 6) is 0.802. The van der Waals surface area contributed by atoms with Gasteiger partial charge in [-0.05, 0) is 24.0 Å². The summed E-state index contributed by atoms with van der Waals surface area (Å²) in [6.07, 6.45) is 6.21. The van der Waals surface area contributed by atoms with Gasteiger partial charge in [0.2, 0.25) is 5.91 Å². The molecule has 0 atom stereocenters. The minimum Gasteiger partial charge on any atom is -0.352 e. The second kappa shape index (κ2) is 6.99. The molecule has 0 aliphatic heterocycles. The van der Waals surface area contributed by atoms with Gasteiger partial charge in [-0.15, -0.1) is 0 Å². The van der Waals surface area contributed by atoms with E-state index in [-0.39, 0.29) is 5.91 Å². The molecule has 0 bridgehead atoms. The molecule has 0 aliphatic carbocycles. The van der Waals surface area contributed by atoms with Crippen LogP contribution in [-0.4, -0.2) is 10.9 Å². The number of amides is 1. The van der Waals surface area contributed by atoms with Crippen LogP contribution in [0, 0.1) is 5.92 Å². The summed E-state index contributed by atoms with van der Waals surface area (Å²) in [7, 11) is 0. The molecular weight excluding hydrogens is 200 g/mol. The van der Waals surface area contributed by atoms with Crippen LogP contribution < -0.4 is 5.32 Å². The minimum atomic E-state index is 0.129. The average Bonchev–Trinajstić information content (AvgIpc) is 2.27. The fourth-order valence-electron chi connectivity index (χ4n) is 1.46. The quantitative estimate of drug-likeness (QED) is 0.800. The SMILES string of the molecule is CC(C)CCCC(=O)NCc1cccnc1. The van der Waals surface area contributed by atoms with E-state index in [1.165, 1.54) is 0 Å². The van der Waals surface area contributed by atoms with Crippen molar-refractivity contribution >= 4 is 5.91 Å². The fraction of sp³-hybridized carbons (Fsp3) is 0.538. The van der Waals surface area contributed by atoms with E-state index in [2.05, 4.69) is 24.1 Å². The molecule has 0 saturated carbocycles. The van der Waals surface area contributed by atoms with Gasteiger partial charge in [-0.2, -0.15) is 0 Å². The number of nitrogens with one attached hydrogen (secondary N) is 1. The Morgan fingerprint density at radius 3 is 2.94 bits per heavy atom. The smallest absolute Gasteiger partial charge is 0.220 e. The van der Waals surface area contributed by atoms with E-state index in [9.17, 15) is 4.79 Å². The molecule has 0 saturated heterocycles. The molecule has 3 nitrogen and oxygen atoms in total. The lowest BCUT2D eigenvalue weighted by atomic mass is 10.1. The third-order valence-electron chi connectivity index (χ3n) is 2.40. The molecule has 0 radical (unpaired) electrons. The van der Waals surface area contributed by atoms with Crippen LogP contribution in [0.5, 0.6) is 0 Å². The summed E-state index contributed by atoms with van der Waals surface area (Å²) in [6.45, 7) is 4.93. The number of hydrogen-bond donors (Lipinski definition) is 1. The molecule has 0 fully saturated rings. The lowest BCUT2D eigenvalue weighted by molar-refractivity contribution is -0.121. The van der Waals surface area contributed by atoms with E-state index < -0.39 is 0 Å². The van der Waals surface area contributed by atoms with Crippen LogP contribution in [0.2, 0.25) is 0 Å². The first-order valence-electron chi connectivity index (χ1n) is 5.84. The van der Waals surface area contributed by atoms with E-state index >= 15 is 0 Å². The van der Waals surface area contributed by atoms with Crippen molar-refractivity contribution in [1.29, 1.82) is 0 Å². The maximum absolute atomic E-state index is 11.5. The molecule has 88 valence electrons.